The molecular weight excluding hydrogens is 421 g/mol. The summed E-state index contributed by atoms with van der Waals surface area (Å²) in [4.78, 5) is 20.7. The van der Waals surface area contributed by atoms with Crippen molar-refractivity contribution in [3.05, 3.63) is 35.4 Å². The monoisotopic (exact) mass is 447 g/mol. The lowest BCUT2D eigenvalue weighted by Gasteiger charge is -2.16. The predicted molar refractivity (Wildman–Crippen MR) is 112 cm³/mol. The number of ether oxygens (including phenoxy) is 3. The maximum Gasteiger partial charge on any atom is 0.407 e. The number of alkyl halides is 1. The molecule has 0 spiro atoms. The summed E-state index contributed by atoms with van der Waals surface area (Å²) in [7, 11) is 1.61. The van der Waals surface area contributed by atoms with E-state index in [0.717, 1.165) is 16.9 Å². The Morgan fingerprint density at radius 1 is 1.47 bits per heavy atom. The summed E-state index contributed by atoms with van der Waals surface area (Å²) in [5, 5.41) is 12.6. The minimum Gasteiger partial charge on any atom is -0.441 e. The molecule has 4 heterocycles. The minimum atomic E-state index is -1.53. The standard InChI is InChI=1S/C20H26FN7O4/c1-10(2)23-20(29)32-14-9-31-17(16(14)21)13-5-15(27-26-13)25-19-22-6-11(3)18-24-12(8-30-4)7-28(18)19/h5-7,10,14,16-17H,8-9H2,1-4H3,(H,23,29)(H2,22,25,26,27)/t14-,16+,17-/m0/s1. The Hall–Kier alpha value is -3.25. The molecule has 11 nitrogen and oxygen atoms in total. The van der Waals surface area contributed by atoms with E-state index in [0.29, 0.717) is 24.1 Å². The van der Waals surface area contributed by atoms with Crippen molar-refractivity contribution in [1.29, 1.82) is 0 Å². The molecule has 0 aliphatic carbocycles. The third kappa shape index (κ3) is 4.50. The molecule has 0 bridgehead atoms. The number of aryl methyl sites for hydroxylation is 1. The van der Waals surface area contributed by atoms with Gasteiger partial charge in [0.15, 0.2) is 18.1 Å². The van der Waals surface area contributed by atoms with Crippen LogP contribution >= 0.6 is 0 Å². The van der Waals surface area contributed by atoms with E-state index in [2.05, 4.69) is 30.8 Å². The van der Waals surface area contributed by atoms with Gasteiger partial charge in [0.25, 0.3) is 0 Å². The van der Waals surface area contributed by atoms with Crippen LogP contribution in [0.2, 0.25) is 0 Å². The van der Waals surface area contributed by atoms with Crippen LogP contribution in [0.1, 0.15) is 36.9 Å². The maximum atomic E-state index is 14.9. The van der Waals surface area contributed by atoms with Gasteiger partial charge in [0, 0.05) is 37.2 Å². The first-order chi connectivity index (χ1) is 15.4. The van der Waals surface area contributed by atoms with Crippen LogP contribution in [0.5, 0.6) is 0 Å². The van der Waals surface area contributed by atoms with Gasteiger partial charge in [0.05, 0.1) is 24.6 Å². The lowest BCUT2D eigenvalue weighted by atomic mass is 10.1. The van der Waals surface area contributed by atoms with Crippen LogP contribution in [0.15, 0.2) is 18.5 Å². The second-order valence-corrected chi connectivity index (χ2v) is 7.90. The number of anilines is 2. The molecule has 0 unspecified atom stereocenters. The Morgan fingerprint density at radius 3 is 3.03 bits per heavy atom. The number of nitrogens with one attached hydrogen (secondary N) is 3. The number of halogens is 1. The van der Waals surface area contributed by atoms with E-state index in [-0.39, 0.29) is 12.6 Å². The largest absolute Gasteiger partial charge is 0.441 e. The second kappa shape index (κ2) is 9.09. The smallest absolute Gasteiger partial charge is 0.407 e. The van der Waals surface area contributed by atoms with Crippen molar-refractivity contribution in [2.75, 3.05) is 19.0 Å². The van der Waals surface area contributed by atoms with Crippen molar-refractivity contribution < 1.29 is 23.4 Å². The molecule has 3 aromatic rings. The first kappa shape index (κ1) is 22.0. The average Bonchev–Trinajstić information content (AvgIpc) is 3.44. The van der Waals surface area contributed by atoms with E-state index in [1.54, 1.807) is 37.6 Å². The number of hydrogen-bond acceptors (Lipinski definition) is 8. The van der Waals surface area contributed by atoms with E-state index >= 15 is 0 Å². The Balaban J connectivity index is 1.47. The van der Waals surface area contributed by atoms with E-state index < -0.39 is 24.5 Å². The van der Waals surface area contributed by atoms with Crippen LogP contribution in [0.3, 0.4) is 0 Å². The van der Waals surface area contributed by atoms with E-state index in [1.165, 1.54) is 0 Å². The molecule has 1 aliphatic rings. The van der Waals surface area contributed by atoms with Gasteiger partial charge in [-0.15, -0.1) is 0 Å². The molecule has 12 heteroatoms. The number of alkyl carbamates (subject to hydrolysis) is 1. The fourth-order valence-electron chi connectivity index (χ4n) is 3.46. The fourth-order valence-corrected chi connectivity index (χ4v) is 3.46. The number of aromatic nitrogens is 5. The van der Waals surface area contributed by atoms with Crippen molar-refractivity contribution in [1.82, 2.24) is 29.9 Å². The van der Waals surface area contributed by atoms with E-state index in [4.69, 9.17) is 14.2 Å². The van der Waals surface area contributed by atoms with Gasteiger partial charge in [0.2, 0.25) is 5.95 Å². The molecule has 0 radical (unpaired) electrons. The lowest BCUT2D eigenvalue weighted by molar-refractivity contribution is 0.0615. The molecule has 172 valence electrons. The molecule has 32 heavy (non-hydrogen) atoms. The molecular formula is C20H26FN7O4. The highest BCUT2D eigenvalue weighted by molar-refractivity contribution is 5.67. The number of amides is 1. The summed E-state index contributed by atoms with van der Waals surface area (Å²) in [6.07, 6.45) is -0.598. The highest BCUT2D eigenvalue weighted by Gasteiger charge is 2.42. The molecule has 3 atom stereocenters. The van der Waals surface area contributed by atoms with Gasteiger partial charge in [-0.3, -0.25) is 9.50 Å². The SMILES string of the molecule is COCc1cn2c(Nc3cc([C@@H]4OC[C@H](OC(=O)NC(C)C)[C@H]4F)[nH]n3)ncc(C)c2n1. The Bertz CT molecular complexity index is 1100. The topological polar surface area (TPSA) is 128 Å². The number of fused-ring (bicyclic) bond motifs is 1. The third-order valence-corrected chi connectivity index (χ3v) is 4.90. The molecule has 3 aromatic heterocycles. The lowest BCUT2D eigenvalue weighted by Crippen LogP contribution is -2.36. The van der Waals surface area contributed by atoms with Crippen molar-refractivity contribution in [3.8, 4) is 0 Å². The molecule has 1 saturated heterocycles. The molecule has 4 rings (SSSR count). The zero-order chi connectivity index (χ0) is 22.8. The predicted octanol–water partition coefficient (Wildman–Crippen LogP) is 2.56. The van der Waals surface area contributed by atoms with Gasteiger partial charge >= 0.3 is 6.09 Å². The Kier molecular flexibility index (Phi) is 6.24. The van der Waals surface area contributed by atoms with Gasteiger partial charge in [0.1, 0.15) is 11.8 Å². The van der Waals surface area contributed by atoms with Gasteiger partial charge < -0.3 is 24.8 Å². The average molecular weight is 447 g/mol. The van der Waals surface area contributed by atoms with Crippen LogP contribution in [0.25, 0.3) is 5.65 Å². The van der Waals surface area contributed by atoms with Crippen LogP contribution in [-0.4, -0.2) is 62.7 Å². The Morgan fingerprint density at radius 2 is 2.28 bits per heavy atom. The normalized spacial score (nSPS) is 20.8. The van der Waals surface area contributed by atoms with E-state index in [9.17, 15) is 9.18 Å². The first-order valence-corrected chi connectivity index (χ1v) is 10.2. The number of carbonyl (C=O) groups excluding carboxylic acids is 1. The van der Waals surface area contributed by atoms with Crippen LogP contribution in [0, 0.1) is 6.92 Å². The number of aromatic amines is 1. The molecule has 1 amide bonds. The molecule has 1 aliphatic heterocycles. The zero-order valence-electron chi connectivity index (χ0n) is 18.3. The zero-order valence-corrected chi connectivity index (χ0v) is 18.3. The van der Waals surface area contributed by atoms with Gasteiger partial charge in [-0.25, -0.2) is 19.2 Å². The number of hydrogen-bond donors (Lipinski definition) is 3. The number of methoxy groups -OCH3 is 1. The third-order valence-electron chi connectivity index (χ3n) is 4.90. The van der Waals surface area contributed by atoms with Crippen LogP contribution < -0.4 is 10.6 Å². The second-order valence-electron chi connectivity index (χ2n) is 7.90. The highest BCUT2D eigenvalue weighted by Crippen LogP contribution is 2.33. The number of rotatable bonds is 7. The summed E-state index contributed by atoms with van der Waals surface area (Å²) in [5.41, 5.74) is 2.84. The van der Waals surface area contributed by atoms with Gasteiger partial charge in [-0.1, -0.05) is 0 Å². The Labute approximate surface area is 183 Å². The number of carbonyl (C=O) groups is 1. The van der Waals surface area contributed by atoms with Crippen molar-refractivity contribution in [2.24, 2.45) is 0 Å². The van der Waals surface area contributed by atoms with Crippen LogP contribution in [-0.2, 0) is 20.8 Å². The maximum absolute atomic E-state index is 14.9. The number of imidazole rings is 1. The van der Waals surface area contributed by atoms with Gasteiger partial charge in [-0.2, -0.15) is 5.10 Å². The summed E-state index contributed by atoms with van der Waals surface area (Å²) < 4.78 is 32.5. The quantitative estimate of drug-likeness (QED) is 0.504. The van der Waals surface area contributed by atoms with Crippen molar-refractivity contribution >= 4 is 23.5 Å². The number of H-pyrrole nitrogens is 1. The number of nitrogens with zero attached hydrogens (tertiary/aromatic N) is 4. The van der Waals surface area contributed by atoms with Crippen molar-refractivity contribution in [2.45, 2.75) is 51.8 Å². The van der Waals surface area contributed by atoms with Crippen molar-refractivity contribution in [3.63, 3.8) is 0 Å². The fraction of sp³-hybridized carbons (Fsp3) is 0.500. The summed E-state index contributed by atoms with van der Waals surface area (Å²) in [5.74, 6) is 0.923. The molecule has 3 N–H and O–H groups in total. The van der Waals surface area contributed by atoms with E-state index in [1.807, 2.05) is 13.1 Å². The molecule has 1 fully saturated rings. The minimum absolute atomic E-state index is 0.0451. The molecule has 0 aromatic carbocycles. The summed E-state index contributed by atoms with van der Waals surface area (Å²) in [6.45, 7) is 5.83. The van der Waals surface area contributed by atoms with Crippen LogP contribution in [0.4, 0.5) is 21.0 Å². The first-order valence-electron chi connectivity index (χ1n) is 10.2. The highest BCUT2D eigenvalue weighted by atomic mass is 19.1. The summed E-state index contributed by atoms with van der Waals surface area (Å²) in [6, 6.07) is 1.52. The summed E-state index contributed by atoms with van der Waals surface area (Å²) >= 11 is 0. The molecule has 0 saturated carbocycles. The van der Waals surface area contributed by atoms with Gasteiger partial charge in [-0.05, 0) is 20.8 Å².